The summed E-state index contributed by atoms with van der Waals surface area (Å²) in [6.45, 7) is 7.78. The number of amides is 2. The molecule has 0 N–H and O–H groups in total. The van der Waals surface area contributed by atoms with Crippen LogP contribution in [-0.2, 0) is 9.53 Å². The van der Waals surface area contributed by atoms with Gasteiger partial charge in [-0.2, -0.15) is 0 Å². The van der Waals surface area contributed by atoms with Crippen LogP contribution in [0.3, 0.4) is 0 Å². The van der Waals surface area contributed by atoms with Crippen LogP contribution < -0.4 is 0 Å². The third-order valence-electron chi connectivity index (χ3n) is 3.35. The Balaban J connectivity index is 2.17. The van der Waals surface area contributed by atoms with E-state index in [-0.39, 0.29) is 23.5 Å². The summed E-state index contributed by atoms with van der Waals surface area (Å²) in [6, 6.07) is 9.25. The van der Waals surface area contributed by atoms with Crippen molar-refractivity contribution in [1.82, 2.24) is 4.90 Å². The van der Waals surface area contributed by atoms with Gasteiger partial charge in [-0.25, -0.2) is 9.69 Å². The largest absolute Gasteiger partial charge is 0.439 e. The molecule has 1 aliphatic heterocycles. The van der Waals surface area contributed by atoms with E-state index >= 15 is 0 Å². The van der Waals surface area contributed by atoms with Crippen molar-refractivity contribution in [1.29, 1.82) is 0 Å². The average Bonchev–Trinajstić information content (AvgIpc) is 2.64. The molecule has 1 saturated heterocycles. The Morgan fingerprint density at radius 1 is 1.25 bits per heavy atom. The van der Waals surface area contributed by atoms with Gasteiger partial charge in [0.1, 0.15) is 6.10 Å². The Morgan fingerprint density at radius 2 is 1.85 bits per heavy atom. The molecule has 1 heterocycles. The number of carbonyl (C=O) groups is 2. The molecular weight excluding hydrogens is 254 g/mol. The van der Waals surface area contributed by atoms with E-state index in [2.05, 4.69) is 0 Å². The predicted octanol–water partition coefficient (Wildman–Crippen LogP) is 3.53. The summed E-state index contributed by atoms with van der Waals surface area (Å²) in [7, 11) is 0. The van der Waals surface area contributed by atoms with Gasteiger partial charge in [-0.3, -0.25) is 4.79 Å². The molecule has 2 rings (SSSR count). The van der Waals surface area contributed by atoms with Crippen molar-refractivity contribution in [3.05, 3.63) is 35.9 Å². The first-order valence-electron chi connectivity index (χ1n) is 6.87. The van der Waals surface area contributed by atoms with Crippen LogP contribution in [0.15, 0.2) is 30.3 Å². The van der Waals surface area contributed by atoms with E-state index in [1.807, 2.05) is 58.0 Å². The van der Waals surface area contributed by atoms with Gasteiger partial charge in [0.25, 0.3) is 0 Å². The van der Waals surface area contributed by atoms with Crippen LogP contribution in [0.1, 0.15) is 45.8 Å². The van der Waals surface area contributed by atoms with Crippen LogP contribution in [0.2, 0.25) is 0 Å². The second-order valence-corrected chi connectivity index (χ2v) is 6.46. The summed E-state index contributed by atoms with van der Waals surface area (Å²) in [5.74, 6) is -0.173. The molecular formula is C16H21NO3. The molecule has 2 amide bonds. The number of carbonyl (C=O) groups excluding carboxylic acids is 2. The average molecular weight is 275 g/mol. The van der Waals surface area contributed by atoms with Crippen molar-refractivity contribution in [3.63, 3.8) is 0 Å². The zero-order valence-electron chi connectivity index (χ0n) is 12.4. The monoisotopic (exact) mass is 275 g/mol. The number of hydrogen-bond acceptors (Lipinski definition) is 3. The molecule has 0 saturated carbocycles. The Kier molecular flexibility index (Phi) is 3.84. The summed E-state index contributed by atoms with van der Waals surface area (Å²) in [5.41, 5.74) is 0.765. The van der Waals surface area contributed by atoms with Crippen LogP contribution >= 0.6 is 0 Å². The number of cyclic esters (lactones) is 1. The fourth-order valence-corrected chi connectivity index (χ4v) is 2.42. The maximum Gasteiger partial charge on any atom is 0.417 e. The number of ether oxygens (including phenoxy) is 1. The number of imide groups is 1. The second-order valence-electron chi connectivity index (χ2n) is 6.46. The molecule has 2 atom stereocenters. The van der Waals surface area contributed by atoms with Crippen molar-refractivity contribution in [2.45, 2.75) is 46.3 Å². The summed E-state index contributed by atoms with van der Waals surface area (Å²) >= 11 is 0. The van der Waals surface area contributed by atoms with Crippen molar-refractivity contribution >= 4 is 12.0 Å². The highest BCUT2D eigenvalue weighted by Crippen LogP contribution is 2.33. The van der Waals surface area contributed by atoms with Gasteiger partial charge in [0.2, 0.25) is 5.91 Å². The fraction of sp³-hybridized carbons (Fsp3) is 0.500. The fourth-order valence-electron chi connectivity index (χ4n) is 2.42. The quantitative estimate of drug-likeness (QED) is 0.829. The van der Waals surface area contributed by atoms with Crippen LogP contribution in [0.5, 0.6) is 0 Å². The van der Waals surface area contributed by atoms with E-state index in [0.29, 0.717) is 6.42 Å². The van der Waals surface area contributed by atoms with Crippen molar-refractivity contribution in [2.24, 2.45) is 5.41 Å². The second kappa shape index (κ2) is 5.27. The van der Waals surface area contributed by atoms with E-state index in [9.17, 15) is 9.59 Å². The number of benzene rings is 1. The number of nitrogens with zero attached hydrogens (tertiary/aromatic N) is 1. The molecule has 0 radical (unpaired) electrons. The molecule has 0 aromatic heterocycles. The minimum atomic E-state index is -0.541. The Hall–Kier alpha value is -1.84. The van der Waals surface area contributed by atoms with Crippen molar-refractivity contribution in [3.8, 4) is 0 Å². The first-order valence-corrected chi connectivity index (χ1v) is 6.87. The van der Waals surface area contributed by atoms with Gasteiger partial charge >= 0.3 is 6.09 Å². The molecule has 0 unspecified atom stereocenters. The minimum absolute atomic E-state index is 0.151. The minimum Gasteiger partial charge on any atom is -0.439 e. The summed E-state index contributed by atoms with van der Waals surface area (Å²) in [6.07, 6.45) is -0.596. The maximum atomic E-state index is 12.3. The Morgan fingerprint density at radius 3 is 2.40 bits per heavy atom. The molecule has 20 heavy (non-hydrogen) atoms. The normalized spacial score (nSPS) is 22.8. The Bertz CT molecular complexity index is 504. The van der Waals surface area contributed by atoms with Gasteiger partial charge in [-0.05, 0) is 17.9 Å². The summed E-state index contributed by atoms with van der Waals surface area (Å²) in [4.78, 5) is 25.5. The summed E-state index contributed by atoms with van der Waals surface area (Å²) in [5, 5.41) is 0. The molecule has 108 valence electrons. The molecule has 1 aliphatic rings. The third kappa shape index (κ3) is 3.00. The molecule has 1 fully saturated rings. The number of rotatable bonds is 2. The van der Waals surface area contributed by atoms with Crippen LogP contribution in [0.25, 0.3) is 0 Å². The zero-order valence-corrected chi connectivity index (χ0v) is 12.4. The van der Waals surface area contributed by atoms with E-state index in [0.717, 1.165) is 5.56 Å². The van der Waals surface area contributed by atoms with E-state index in [1.165, 1.54) is 4.90 Å². The number of hydrogen-bond donors (Lipinski definition) is 0. The van der Waals surface area contributed by atoms with Crippen LogP contribution in [-0.4, -0.2) is 22.9 Å². The first-order chi connectivity index (χ1) is 9.29. The molecule has 0 bridgehead atoms. The third-order valence-corrected chi connectivity index (χ3v) is 3.35. The predicted molar refractivity (Wildman–Crippen MR) is 76.0 cm³/mol. The molecule has 4 nitrogen and oxygen atoms in total. The van der Waals surface area contributed by atoms with Gasteiger partial charge < -0.3 is 4.74 Å². The molecule has 0 aliphatic carbocycles. The summed E-state index contributed by atoms with van der Waals surface area (Å²) < 4.78 is 5.37. The van der Waals surface area contributed by atoms with E-state index in [1.54, 1.807) is 0 Å². The highest BCUT2D eigenvalue weighted by atomic mass is 16.6. The van der Waals surface area contributed by atoms with Crippen LogP contribution in [0, 0.1) is 5.41 Å². The van der Waals surface area contributed by atoms with Gasteiger partial charge in [0.15, 0.2) is 0 Å². The molecule has 1 aromatic carbocycles. The standard InChI is InChI=1S/C16H21NO3/c1-11-14(12-8-6-5-7-9-12)20-15(19)17(11)13(18)10-16(2,3)4/h5-9,11,14H,10H2,1-4H3/t11-,14-/m0/s1. The zero-order chi connectivity index (χ0) is 14.9. The van der Waals surface area contributed by atoms with Gasteiger partial charge in [0, 0.05) is 6.42 Å². The molecule has 0 spiro atoms. The SMILES string of the molecule is C[C@H]1[C@@H](c2ccccc2)OC(=O)N1C(=O)CC(C)(C)C. The highest BCUT2D eigenvalue weighted by molar-refractivity contribution is 5.94. The highest BCUT2D eigenvalue weighted by Gasteiger charge is 2.43. The van der Waals surface area contributed by atoms with Crippen LogP contribution in [0.4, 0.5) is 4.79 Å². The van der Waals surface area contributed by atoms with Crippen molar-refractivity contribution in [2.75, 3.05) is 0 Å². The Labute approximate surface area is 119 Å². The van der Waals surface area contributed by atoms with Gasteiger partial charge in [-0.1, -0.05) is 51.1 Å². The lowest BCUT2D eigenvalue weighted by molar-refractivity contribution is -0.130. The molecule has 4 heteroatoms. The maximum absolute atomic E-state index is 12.3. The smallest absolute Gasteiger partial charge is 0.417 e. The van der Waals surface area contributed by atoms with Gasteiger partial charge in [-0.15, -0.1) is 0 Å². The lowest BCUT2D eigenvalue weighted by atomic mass is 9.91. The lowest BCUT2D eigenvalue weighted by Gasteiger charge is -2.23. The molecule has 1 aromatic rings. The van der Waals surface area contributed by atoms with Gasteiger partial charge in [0.05, 0.1) is 6.04 Å². The van der Waals surface area contributed by atoms with E-state index in [4.69, 9.17) is 4.74 Å². The lowest BCUT2D eigenvalue weighted by Crippen LogP contribution is -2.39. The topological polar surface area (TPSA) is 46.6 Å². The van der Waals surface area contributed by atoms with E-state index < -0.39 is 6.09 Å². The first kappa shape index (κ1) is 14.6. The van der Waals surface area contributed by atoms with Crippen molar-refractivity contribution < 1.29 is 14.3 Å².